The number of carbonyl (C=O) groups is 1. The minimum atomic E-state index is -0.251. The van der Waals surface area contributed by atoms with Gasteiger partial charge in [-0.05, 0) is 31.2 Å². The van der Waals surface area contributed by atoms with Gasteiger partial charge in [-0.15, -0.1) is 0 Å². The zero-order valence-electron chi connectivity index (χ0n) is 13.7. The van der Waals surface area contributed by atoms with E-state index in [9.17, 15) is 4.79 Å². The number of hydrogen-bond donors (Lipinski definition) is 1. The molecule has 3 rings (SSSR count). The summed E-state index contributed by atoms with van der Waals surface area (Å²) >= 11 is 0. The van der Waals surface area contributed by atoms with Crippen molar-refractivity contribution in [2.45, 2.75) is 25.0 Å². The molecule has 0 radical (unpaired) electrons. The van der Waals surface area contributed by atoms with Crippen LogP contribution in [0.5, 0.6) is 5.75 Å². The number of nitrogens with zero attached hydrogens (tertiary/aromatic N) is 1. The Labute approximate surface area is 136 Å². The van der Waals surface area contributed by atoms with Crippen LogP contribution in [-0.2, 0) is 14.3 Å². The molecule has 2 saturated heterocycles. The molecule has 1 spiro atoms. The number of nitrogens with one attached hydrogen (secondary N) is 1. The van der Waals surface area contributed by atoms with Crippen molar-refractivity contribution in [2.75, 3.05) is 45.3 Å². The second-order valence-corrected chi connectivity index (χ2v) is 6.16. The summed E-state index contributed by atoms with van der Waals surface area (Å²) in [7, 11) is 1.62. The Morgan fingerprint density at radius 1 is 1.39 bits per heavy atom. The average molecular weight is 320 g/mol. The summed E-state index contributed by atoms with van der Waals surface area (Å²) in [6.45, 7) is 5.29. The van der Waals surface area contributed by atoms with Crippen LogP contribution in [0.4, 0.5) is 5.69 Å². The number of hydrogen-bond acceptors (Lipinski definition) is 5. The number of benzene rings is 1. The van der Waals surface area contributed by atoms with Crippen molar-refractivity contribution in [3.8, 4) is 5.75 Å². The van der Waals surface area contributed by atoms with E-state index in [0.717, 1.165) is 37.6 Å². The van der Waals surface area contributed by atoms with Gasteiger partial charge in [0.15, 0.2) is 0 Å². The second-order valence-electron chi connectivity index (χ2n) is 6.16. The minimum absolute atomic E-state index is 0.0150. The Morgan fingerprint density at radius 3 is 2.83 bits per heavy atom. The third kappa shape index (κ3) is 3.65. The van der Waals surface area contributed by atoms with E-state index in [2.05, 4.69) is 10.2 Å². The predicted octanol–water partition coefficient (Wildman–Crippen LogP) is 1.51. The number of ether oxygens (including phenoxy) is 3. The van der Waals surface area contributed by atoms with Gasteiger partial charge in [0.2, 0.25) is 5.91 Å². The molecule has 0 aliphatic carbocycles. The molecule has 0 saturated carbocycles. The minimum Gasteiger partial charge on any atom is -0.497 e. The Balaban J connectivity index is 1.54. The van der Waals surface area contributed by atoms with Gasteiger partial charge in [-0.2, -0.15) is 0 Å². The first kappa shape index (κ1) is 16.2. The normalized spacial score (nSPS) is 28.0. The third-order valence-electron chi connectivity index (χ3n) is 4.66. The zero-order valence-corrected chi connectivity index (χ0v) is 13.7. The van der Waals surface area contributed by atoms with Crippen molar-refractivity contribution in [1.82, 2.24) is 4.90 Å². The molecule has 1 aromatic carbocycles. The van der Waals surface area contributed by atoms with Crippen molar-refractivity contribution in [3.05, 3.63) is 24.3 Å². The summed E-state index contributed by atoms with van der Waals surface area (Å²) in [5.74, 6) is 0.757. The van der Waals surface area contributed by atoms with E-state index in [0.29, 0.717) is 13.2 Å². The van der Waals surface area contributed by atoms with Gasteiger partial charge in [-0.25, -0.2) is 0 Å². The SMILES string of the molecule is COc1ccc(NC(=O)CN2CCOC3(CCOC3C)C2)cc1. The highest BCUT2D eigenvalue weighted by molar-refractivity contribution is 5.92. The van der Waals surface area contributed by atoms with Crippen LogP contribution >= 0.6 is 0 Å². The molecular weight excluding hydrogens is 296 g/mol. The van der Waals surface area contributed by atoms with E-state index >= 15 is 0 Å². The molecule has 6 nitrogen and oxygen atoms in total. The van der Waals surface area contributed by atoms with E-state index < -0.39 is 0 Å². The highest BCUT2D eigenvalue weighted by Crippen LogP contribution is 2.32. The number of morpholine rings is 1. The third-order valence-corrected chi connectivity index (χ3v) is 4.66. The molecule has 2 aliphatic heterocycles. The summed E-state index contributed by atoms with van der Waals surface area (Å²) in [5, 5.41) is 2.92. The van der Waals surface area contributed by atoms with E-state index in [4.69, 9.17) is 14.2 Å². The summed E-state index contributed by atoms with van der Waals surface area (Å²) in [4.78, 5) is 14.4. The Hall–Kier alpha value is -1.63. The van der Waals surface area contributed by atoms with Gasteiger partial charge in [-0.1, -0.05) is 0 Å². The molecular formula is C17H24N2O4. The van der Waals surface area contributed by atoms with E-state index in [1.807, 2.05) is 31.2 Å². The number of carbonyl (C=O) groups excluding carboxylic acids is 1. The molecule has 2 unspecified atom stereocenters. The standard InChI is InChI=1S/C17H24N2O4/c1-13-17(7-9-22-13)12-19(8-10-23-17)11-16(20)18-14-3-5-15(21-2)6-4-14/h3-6,13H,7-12H2,1-2H3,(H,18,20). The van der Waals surface area contributed by atoms with E-state index in [1.165, 1.54) is 0 Å². The van der Waals surface area contributed by atoms with Crippen molar-refractivity contribution in [3.63, 3.8) is 0 Å². The first-order chi connectivity index (χ1) is 11.1. The molecule has 2 heterocycles. The highest BCUT2D eigenvalue weighted by Gasteiger charge is 2.46. The fraction of sp³-hybridized carbons (Fsp3) is 0.588. The maximum Gasteiger partial charge on any atom is 0.238 e. The smallest absolute Gasteiger partial charge is 0.238 e. The molecule has 1 N–H and O–H groups in total. The van der Waals surface area contributed by atoms with Crippen LogP contribution in [0.2, 0.25) is 0 Å². The van der Waals surface area contributed by atoms with Crippen LogP contribution in [0, 0.1) is 0 Å². The van der Waals surface area contributed by atoms with Crippen molar-refractivity contribution < 1.29 is 19.0 Å². The molecule has 23 heavy (non-hydrogen) atoms. The van der Waals surface area contributed by atoms with E-state index in [-0.39, 0.29) is 17.6 Å². The Morgan fingerprint density at radius 2 is 2.17 bits per heavy atom. The van der Waals surface area contributed by atoms with Gasteiger partial charge in [-0.3, -0.25) is 9.69 Å². The predicted molar refractivity (Wildman–Crippen MR) is 86.8 cm³/mol. The zero-order chi connectivity index (χ0) is 16.3. The van der Waals surface area contributed by atoms with Crippen LogP contribution in [0.3, 0.4) is 0 Å². The average Bonchev–Trinajstić information content (AvgIpc) is 2.88. The van der Waals surface area contributed by atoms with Gasteiger partial charge in [0, 0.05) is 31.8 Å². The van der Waals surface area contributed by atoms with Crippen LogP contribution in [-0.4, -0.2) is 62.5 Å². The number of amides is 1. The molecule has 2 atom stereocenters. The first-order valence-electron chi connectivity index (χ1n) is 8.03. The van der Waals surface area contributed by atoms with Crippen LogP contribution in [0.1, 0.15) is 13.3 Å². The lowest BCUT2D eigenvalue weighted by molar-refractivity contribution is -0.140. The lowest BCUT2D eigenvalue weighted by Gasteiger charge is -2.41. The van der Waals surface area contributed by atoms with Crippen molar-refractivity contribution >= 4 is 11.6 Å². The van der Waals surface area contributed by atoms with Crippen LogP contribution in [0.25, 0.3) is 0 Å². The van der Waals surface area contributed by atoms with Gasteiger partial charge in [0.1, 0.15) is 11.4 Å². The quantitative estimate of drug-likeness (QED) is 0.911. The van der Waals surface area contributed by atoms with Crippen LogP contribution in [0.15, 0.2) is 24.3 Å². The maximum absolute atomic E-state index is 12.3. The summed E-state index contributed by atoms with van der Waals surface area (Å²) in [6, 6.07) is 7.34. The Bertz CT molecular complexity index is 548. The topological polar surface area (TPSA) is 60.0 Å². The van der Waals surface area contributed by atoms with Crippen molar-refractivity contribution in [1.29, 1.82) is 0 Å². The first-order valence-corrected chi connectivity index (χ1v) is 8.03. The van der Waals surface area contributed by atoms with Gasteiger partial charge >= 0.3 is 0 Å². The molecule has 6 heteroatoms. The second kappa shape index (κ2) is 6.86. The van der Waals surface area contributed by atoms with Gasteiger partial charge in [0.05, 0.1) is 26.4 Å². The monoisotopic (exact) mass is 320 g/mol. The lowest BCUT2D eigenvalue weighted by atomic mass is 9.94. The van der Waals surface area contributed by atoms with Crippen LogP contribution < -0.4 is 10.1 Å². The Kier molecular flexibility index (Phi) is 4.84. The van der Waals surface area contributed by atoms with Crippen molar-refractivity contribution in [2.24, 2.45) is 0 Å². The fourth-order valence-corrected chi connectivity index (χ4v) is 3.25. The molecule has 126 valence electrons. The van der Waals surface area contributed by atoms with Gasteiger partial charge in [0.25, 0.3) is 0 Å². The molecule has 0 aromatic heterocycles. The number of rotatable bonds is 4. The molecule has 2 aliphatic rings. The summed E-state index contributed by atoms with van der Waals surface area (Å²) in [6.07, 6.45) is 0.972. The summed E-state index contributed by atoms with van der Waals surface area (Å²) in [5.41, 5.74) is 0.523. The number of anilines is 1. The van der Waals surface area contributed by atoms with Gasteiger partial charge < -0.3 is 19.5 Å². The molecule has 0 bridgehead atoms. The van der Waals surface area contributed by atoms with E-state index in [1.54, 1.807) is 7.11 Å². The number of methoxy groups -OCH3 is 1. The summed E-state index contributed by atoms with van der Waals surface area (Å²) < 4.78 is 16.7. The fourth-order valence-electron chi connectivity index (χ4n) is 3.25. The lowest BCUT2D eigenvalue weighted by Crippen LogP contribution is -2.56. The largest absolute Gasteiger partial charge is 0.497 e. The molecule has 1 aromatic rings. The highest BCUT2D eigenvalue weighted by atomic mass is 16.6. The maximum atomic E-state index is 12.3. The molecule has 2 fully saturated rings. The molecule has 1 amide bonds.